The van der Waals surface area contributed by atoms with E-state index in [1.807, 2.05) is 6.92 Å². The molecule has 1 aliphatic rings. The second kappa shape index (κ2) is 5.97. The van der Waals surface area contributed by atoms with Crippen molar-refractivity contribution >= 4 is 17.2 Å². The third kappa shape index (κ3) is 4.40. The van der Waals surface area contributed by atoms with Crippen molar-refractivity contribution in [3.05, 3.63) is 0 Å². The second-order valence-electron chi connectivity index (χ2n) is 4.16. The predicted octanol–water partition coefficient (Wildman–Crippen LogP) is 1.56. The average molecular weight is 270 g/mol. The van der Waals surface area contributed by atoms with Crippen LogP contribution >= 0.6 is 12.2 Å². The molecule has 0 aromatic rings. The van der Waals surface area contributed by atoms with Gasteiger partial charge in [-0.05, 0) is 6.42 Å². The molecule has 3 nitrogen and oxygen atoms in total. The summed E-state index contributed by atoms with van der Waals surface area (Å²) in [4.78, 5) is 1.23. The largest absolute Gasteiger partial charge is 0.399 e. The van der Waals surface area contributed by atoms with E-state index in [1.54, 1.807) is 4.90 Å². The first-order chi connectivity index (χ1) is 7.84. The summed E-state index contributed by atoms with van der Waals surface area (Å²) < 4.78 is 43.4. The summed E-state index contributed by atoms with van der Waals surface area (Å²) in [5, 5.41) is 0. The first kappa shape index (κ1) is 14.7. The van der Waals surface area contributed by atoms with Gasteiger partial charge in [0.2, 0.25) is 0 Å². The van der Waals surface area contributed by atoms with Crippen molar-refractivity contribution in [2.75, 3.05) is 26.2 Å². The molecule has 0 spiro atoms. The predicted molar refractivity (Wildman–Crippen MR) is 62.8 cm³/mol. The van der Waals surface area contributed by atoms with Crippen LogP contribution in [0.3, 0.4) is 0 Å². The monoisotopic (exact) mass is 270 g/mol. The van der Waals surface area contributed by atoms with Crippen LogP contribution in [0.2, 0.25) is 0 Å². The molecule has 1 heterocycles. The molecule has 0 aromatic carbocycles. The van der Waals surface area contributed by atoms with Gasteiger partial charge in [0.05, 0.1) is 17.7 Å². The van der Waals surface area contributed by atoms with Crippen LogP contribution in [-0.2, 0) is 4.74 Å². The average Bonchev–Trinajstić information content (AvgIpc) is 2.24. The van der Waals surface area contributed by atoms with Crippen molar-refractivity contribution in [2.45, 2.75) is 25.6 Å². The van der Waals surface area contributed by atoms with E-state index in [1.165, 1.54) is 0 Å². The summed E-state index contributed by atoms with van der Waals surface area (Å²) in [6, 6.07) is 0. The van der Waals surface area contributed by atoms with E-state index in [0.717, 1.165) is 6.42 Å². The van der Waals surface area contributed by atoms with Gasteiger partial charge in [-0.1, -0.05) is 19.1 Å². The minimum absolute atomic E-state index is 0.00368. The summed E-state index contributed by atoms with van der Waals surface area (Å²) in [5.74, 6) is -1.73. The van der Waals surface area contributed by atoms with Gasteiger partial charge in [-0.2, -0.15) is 13.2 Å². The Labute approximate surface area is 104 Å². The lowest BCUT2D eigenvalue weighted by Gasteiger charge is -2.34. The number of halogens is 3. The van der Waals surface area contributed by atoms with Crippen LogP contribution < -0.4 is 5.73 Å². The molecule has 0 radical (unpaired) electrons. The van der Waals surface area contributed by atoms with Gasteiger partial charge in [0.25, 0.3) is 0 Å². The van der Waals surface area contributed by atoms with E-state index in [4.69, 9.17) is 10.5 Å². The van der Waals surface area contributed by atoms with Gasteiger partial charge in [0.1, 0.15) is 5.92 Å². The lowest BCUT2D eigenvalue weighted by atomic mass is 10.1. The van der Waals surface area contributed by atoms with Crippen LogP contribution in [0.25, 0.3) is 0 Å². The summed E-state index contributed by atoms with van der Waals surface area (Å²) in [5.41, 5.74) is 5.16. The van der Waals surface area contributed by atoms with Crippen LogP contribution in [0.5, 0.6) is 0 Å². The number of nitrogens with zero attached hydrogens (tertiary/aromatic N) is 1. The summed E-state index contributed by atoms with van der Waals surface area (Å²) in [6.07, 6.45) is -3.57. The molecule has 2 unspecified atom stereocenters. The van der Waals surface area contributed by atoms with Crippen molar-refractivity contribution in [2.24, 2.45) is 11.7 Å². The number of nitrogens with two attached hydrogens (primary N) is 1. The van der Waals surface area contributed by atoms with Gasteiger partial charge in [0.15, 0.2) is 0 Å². The molecular weight excluding hydrogens is 253 g/mol. The fourth-order valence-corrected chi connectivity index (χ4v) is 2.01. The molecule has 1 rings (SSSR count). The minimum atomic E-state index is -4.37. The van der Waals surface area contributed by atoms with Gasteiger partial charge in [-0.25, -0.2) is 0 Å². The zero-order valence-corrected chi connectivity index (χ0v) is 10.5. The lowest BCUT2D eigenvalue weighted by molar-refractivity contribution is -0.163. The molecule has 17 heavy (non-hydrogen) atoms. The Morgan fingerprint density at radius 1 is 1.59 bits per heavy atom. The molecule has 0 saturated carbocycles. The zero-order valence-electron chi connectivity index (χ0n) is 9.67. The molecule has 100 valence electrons. The van der Waals surface area contributed by atoms with Gasteiger partial charge in [-0.3, -0.25) is 4.90 Å². The number of morpholine rings is 1. The summed E-state index contributed by atoms with van der Waals surface area (Å²) in [7, 11) is 0. The molecule has 1 saturated heterocycles. The maximum absolute atomic E-state index is 12.7. The fraction of sp³-hybridized carbons (Fsp3) is 0.900. The van der Waals surface area contributed by atoms with Gasteiger partial charge >= 0.3 is 6.18 Å². The Bertz CT molecular complexity index is 273. The lowest BCUT2D eigenvalue weighted by Crippen LogP contribution is -2.49. The van der Waals surface area contributed by atoms with Gasteiger partial charge in [0, 0.05) is 19.6 Å². The molecule has 0 bridgehead atoms. The summed E-state index contributed by atoms with van der Waals surface area (Å²) in [6.45, 7) is 3.24. The Morgan fingerprint density at radius 2 is 2.24 bits per heavy atom. The van der Waals surface area contributed by atoms with E-state index < -0.39 is 17.1 Å². The number of hydrogen-bond acceptors (Lipinski definition) is 3. The molecule has 1 fully saturated rings. The van der Waals surface area contributed by atoms with Crippen LogP contribution in [0.4, 0.5) is 13.2 Å². The van der Waals surface area contributed by atoms with Crippen molar-refractivity contribution < 1.29 is 17.9 Å². The van der Waals surface area contributed by atoms with Gasteiger partial charge < -0.3 is 10.5 Å². The Kier molecular flexibility index (Phi) is 5.15. The van der Waals surface area contributed by atoms with Crippen LogP contribution in [0, 0.1) is 5.92 Å². The first-order valence-electron chi connectivity index (χ1n) is 5.54. The van der Waals surface area contributed by atoms with Crippen LogP contribution in [-0.4, -0.2) is 48.4 Å². The van der Waals surface area contributed by atoms with E-state index >= 15 is 0 Å². The molecule has 7 heteroatoms. The number of ether oxygens (including phenoxy) is 1. The number of thiocarbonyl (C=S) groups is 1. The van der Waals surface area contributed by atoms with Crippen molar-refractivity contribution in [3.8, 4) is 0 Å². The maximum Gasteiger partial charge on any atom is 0.399 e. The van der Waals surface area contributed by atoms with E-state index in [9.17, 15) is 13.2 Å². The Balaban J connectivity index is 2.58. The molecule has 0 aromatic heterocycles. The highest BCUT2D eigenvalue weighted by Gasteiger charge is 2.43. The molecule has 2 N–H and O–H groups in total. The smallest absolute Gasteiger partial charge is 0.393 e. The third-order valence-electron chi connectivity index (χ3n) is 2.86. The van der Waals surface area contributed by atoms with Crippen molar-refractivity contribution in [1.82, 2.24) is 4.90 Å². The van der Waals surface area contributed by atoms with Crippen LogP contribution in [0.15, 0.2) is 0 Å². The Morgan fingerprint density at radius 3 is 2.71 bits per heavy atom. The number of alkyl halides is 3. The standard InChI is InChI=1S/C10H17F3N2OS/c1-2-7-5-15(3-4-16-7)6-8(9(14)17)10(11,12)13/h7-8H,2-6H2,1H3,(H2,14,17). The summed E-state index contributed by atoms with van der Waals surface area (Å²) >= 11 is 4.49. The Hall–Kier alpha value is -0.400. The van der Waals surface area contributed by atoms with E-state index in [-0.39, 0.29) is 12.6 Å². The maximum atomic E-state index is 12.7. The second-order valence-corrected chi connectivity index (χ2v) is 4.63. The minimum Gasteiger partial charge on any atom is -0.393 e. The molecule has 2 atom stereocenters. The number of hydrogen-bond donors (Lipinski definition) is 1. The molecule has 0 amide bonds. The normalized spacial score (nSPS) is 24.6. The highest BCUT2D eigenvalue weighted by Crippen LogP contribution is 2.28. The van der Waals surface area contributed by atoms with Crippen LogP contribution in [0.1, 0.15) is 13.3 Å². The highest BCUT2D eigenvalue weighted by molar-refractivity contribution is 7.80. The third-order valence-corrected chi connectivity index (χ3v) is 3.14. The van der Waals surface area contributed by atoms with E-state index in [2.05, 4.69) is 12.2 Å². The highest BCUT2D eigenvalue weighted by atomic mass is 32.1. The topological polar surface area (TPSA) is 38.5 Å². The van der Waals surface area contributed by atoms with Crippen molar-refractivity contribution in [1.29, 1.82) is 0 Å². The molecule has 0 aliphatic carbocycles. The van der Waals surface area contributed by atoms with Gasteiger partial charge in [-0.15, -0.1) is 0 Å². The first-order valence-corrected chi connectivity index (χ1v) is 5.95. The molecular formula is C10H17F3N2OS. The number of rotatable bonds is 4. The quantitative estimate of drug-likeness (QED) is 0.787. The van der Waals surface area contributed by atoms with Crippen molar-refractivity contribution in [3.63, 3.8) is 0 Å². The molecule has 1 aliphatic heterocycles. The SMILES string of the molecule is CCC1CN(CC(C(N)=S)C(F)(F)F)CCO1. The zero-order chi connectivity index (χ0) is 13.1. The van der Waals surface area contributed by atoms with E-state index in [0.29, 0.717) is 19.7 Å². The fourth-order valence-electron chi connectivity index (χ4n) is 1.81.